The van der Waals surface area contributed by atoms with E-state index in [9.17, 15) is 4.79 Å². The van der Waals surface area contributed by atoms with E-state index in [4.69, 9.17) is 0 Å². The van der Waals surface area contributed by atoms with Gasteiger partial charge < -0.3 is 9.47 Å². The molecule has 0 saturated carbocycles. The van der Waals surface area contributed by atoms with Gasteiger partial charge in [0, 0.05) is 29.5 Å². The zero-order chi connectivity index (χ0) is 11.7. The molecule has 1 saturated heterocycles. The average molecular weight is 220 g/mol. The highest BCUT2D eigenvalue weighted by molar-refractivity contribution is 5.77. The summed E-state index contributed by atoms with van der Waals surface area (Å²) in [6.07, 6.45) is 3.43. The molecule has 1 aromatic rings. The van der Waals surface area contributed by atoms with Crippen molar-refractivity contribution in [1.29, 1.82) is 0 Å². The van der Waals surface area contributed by atoms with Crippen molar-refractivity contribution in [3.8, 4) is 0 Å². The zero-order valence-electron chi connectivity index (χ0n) is 10.4. The molecule has 1 aliphatic heterocycles. The first-order valence-electron chi connectivity index (χ1n) is 5.95. The molecule has 0 radical (unpaired) electrons. The molecule has 0 aromatic carbocycles. The summed E-state index contributed by atoms with van der Waals surface area (Å²) in [4.78, 5) is 13.3. The van der Waals surface area contributed by atoms with E-state index in [0.29, 0.717) is 6.04 Å². The van der Waals surface area contributed by atoms with Gasteiger partial charge in [-0.2, -0.15) is 0 Å². The summed E-state index contributed by atoms with van der Waals surface area (Å²) in [6.45, 7) is 6.42. The highest BCUT2D eigenvalue weighted by Crippen LogP contribution is 2.26. The van der Waals surface area contributed by atoms with Crippen LogP contribution in [0.5, 0.6) is 0 Å². The number of piperidine rings is 1. The predicted octanol–water partition coefficient (Wildman–Crippen LogP) is 2.18. The van der Waals surface area contributed by atoms with Crippen LogP contribution in [0.25, 0.3) is 0 Å². The Bertz CT molecular complexity index is 395. The summed E-state index contributed by atoms with van der Waals surface area (Å²) in [7, 11) is 2.17. The number of carbonyl (C=O) groups is 1. The van der Waals surface area contributed by atoms with Gasteiger partial charge in [0.15, 0.2) is 6.29 Å². The van der Waals surface area contributed by atoms with Gasteiger partial charge in [-0.15, -0.1) is 0 Å². The second-order valence-corrected chi connectivity index (χ2v) is 4.87. The van der Waals surface area contributed by atoms with Gasteiger partial charge in [-0.25, -0.2) is 0 Å². The monoisotopic (exact) mass is 220 g/mol. The van der Waals surface area contributed by atoms with E-state index in [1.165, 1.54) is 25.1 Å². The van der Waals surface area contributed by atoms with Crippen LogP contribution in [-0.4, -0.2) is 35.9 Å². The zero-order valence-corrected chi connectivity index (χ0v) is 10.4. The van der Waals surface area contributed by atoms with Crippen LogP contribution in [0.1, 0.15) is 40.6 Å². The Morgan fingerprint density at radius 3 is 2.75 bits per heavy atom. The van der Waals surface area contributed by atoms with Gasteiger partial charge in [0.2, 0.25) is 0 Å². The summed E-state index contributed by atoms with van der Waals surface area (Å²) < 4.78 is 2.33. The Hall–Kier alpha value is -1.09. The van der Waals surface area contributed by atoms with Crippen molar-refractivity contribution in [2.75, 3.05) is 20.1 Å². The van der Waals surface area contributed by atoms with Crippen molar-refractivity contribution in [3.63, 3.8) is 0 Å². The molecule has 0 bridgehead atoms. The molecule has 16 heavy (non-hydrogen) atoms. The van der Waals surface area contributed by atoms with Crippen LogP contribution < -0.4 is 0 Å². The van der Waals surface area contributed by atoms with Gasteiger partial charge in [-0.05, 0) is 46.3 Å². The van der Waals surface area contributed by atoms with Crippen LogP contribution >= 0.6 is 0 Å². The van der Waals surface area contributed by atoms with Crippen molar-refractivity contribution in [2.24, 2.45) is 0 Å². The van der Waals surface area contributed by atoms with E-state index in [-0.39, 0.29) is 0 Å². The molecule has 0 spiro atoms. The summed E-state index contributed by atoms with van der Waals surface area (Å²) in [5, 5.41) is 0. The molecule has 1 fully saturated rings. The number of carbonyl (C=O) groups excluding carboxylic acids is 1. The lowest BCUT2D eigenvalue weighted by atomic mass is 10.1. The maximum absolute atomic E-state index is 10.9. The van der Waals surface area contributed by atoms with Gasteiger partial charge in [0.25, 0.3) is 0 Å². The molecule has 3 heteroatoms. The largest absolute Gasteiger partial charge is 0.344 e. The second kappa shape index (κ2) is 4.42. The Kier molecular flexibility index (Phi) is 3.15. The minimum atomic E-state index is 0.535. The van der Waals surface area contributed by atoms with Gasteiger partial charge in [0.05, 0.1) is 0 Å². The fourth-order valence-electron chi connectivity index (χ4n) is 2.83. The van der Waals surface area contributed by atoms with Crippen LogP contribution in [0.2, 0.25) is 0 Å². The molecule has 1 unspecified atom stereocenters. The van der Waals surface area contributed by atoms with E-state index in [2.05, 4.69) is 23.4 Å². The fourth-order valence-corrected chi connectivity index (χ4v) is 2.83. The summed E-state index contributed by atoms with van der Waals surface area (Å²) in [5.74, 6) is 0. The molecule has 1 aliphatic rings. The molecular weight excluding hydrogens is 200 g/mol. The molecule has 0 N–H and O–H groups in total. The van der Waals surface area contributed by atoms with E-state index in [1.807, 2.05) is 13.0 Å². The van der Waals surface area contributed by atoms with Crippen molar-refractivity contribution >= 4 is 6.29 Å². The lowest BCUT2D eigenvalue weighted by Crippen LogP contribution is -2.34. The Labute approximate surface area is 97.1 Å². The Morgan fingerprint density at radius 2 is 2.19 bits per heavy atom. The third-order valence-corrected chi connectivity index (χ3v) is 3.62. The highest BCUT2D eigenvalue weighted by atomic mass is 16.1. The van der Waals surface area contributed by atoms with E-state index < -0.39 is 0 Å². The molecule has 2 rings (SSSR count). The van der Waals surface area contributed by atoms with Crippen molar-refractivity contribution in [2.45, 2.75) is 32.7 Å². The molecule has 1 aromatic heterocycles. The van der Waals surface area contributed by atoms with Crippen LogP contribution in [-0.2, 0) is 0 Å². The third-order valence-electron chi connectivity index (χ3n) is 3.62. The van der Waals surface area contributed by atoms with Gasteiger partial charge in [0.1, 0.15) is 0 Å². The third kappa shape index (κ3) is 1.92. The number of aryl methyl sites for hydroxylation is 1. The maximum Gasteiger partial charge on any atom is 0.151 e. The van der Waals surface area contributed by atoms with Gasteiger partial charge in [-0.1, -0.05) is 0 Å². The Morgan fingerprint density at radius 1 is 1.44 bits per heavy atom. The first-order valence-corrected chi connectivity index (χ1v) is 5.95. The SMILES string of the molecule is Cc1cc(C=O)c(C)n1C1CCCN(C)C1. The van der Waals surface area contributed by atoms with Crippen molar-refractivity contribution in [3.05, 3.63) is 23.0 Å². The van der Waals surface area contributed by atoms with Crippen molar-refractivity contribution in [1.82, 2.24) is 9.47 Å². The topological polar surface area (TPSA) is 25.2 Å². The van der Waals surface area contributed by atoms with E-state index in [1.54, 1.807) is 0 Å². The predicted molar refractivity (Wildman–Crippen MR) is 65.1 cm³/mol. The lowest BCUT2D eigenvalue weighted by Gasteiger charge is -2.32. The van der Waals surface area contributed by atoms with Gasteiger partial charge >= 0.3 is 0 Å². The quantitative estimate of drug-likeness (QED) is 0.714. The van der Waals surface area contributed by atoms with Crippen molar-refractivity contribution < 1.29 is 4.79 Å². The molecular formula is C13H20N2O. The molecule has 0 aliphatic carbocycles. The summed E-state index contributed by atoms with van der Waals surface area (Å²) in [5.41, 5.74) is 3.17. The van der Waals surface area contributed by atoms with Gasteiger partial charge in [-0.3, -0.25) is 4.79 Å². The van der Waals surface area contributed by atoms with Crippen LogP contribution in [0.3, 0.4) is 0 Å². The number of aldehydes is 1. The lowest BCUT2D eigenvalue weighted by molar-refractivity contribution is 0.112. The smallest absolute Gasteiger partial charge is 0.151 e. The number of rotatable bonds is 2. The molecule has 0 amide bonds. The number of hydrogen-bond acceptors (Lipinski definition) is 2. The minimum Gasteiger partial charge on any atom is -0.344 e. The first kappa shape index (κ1) is 11.4. The minimum absolute atomic E-state index is 0.535. The van der Waals surface area contributed by atoms with E-state index in [0.717, 1.165) is 24.1 Å². The van der Waals surface area contributed by atoms with Crippen LogP contribution in [0.4, 0.5) is 0 Å². The number of hydrogen-bond donors (Lipinski definition) is 0. The van der Waals surface area contributed by atoms with Crippen LogP contribution in [0.15, 0.2) is 6.07 Å². The normalized spacial score (nSPS) is 22.3. The maximum atomic E-state index is 10.9. The summed E-state index contributed by atoms with van der Waals surface area (Å²) in [6, 6.07) is 2.53. The first-order chi connectivity index (χ1) is 7.63. The number of likely N-dealkylation sites (tertiary alicyclic amines) is 1. The number of aromatic nitrogens is 1. The molecule has 1 atom stereocenters. The number of nitrogens with zero attached hydrogens (tertiary/aromatic N) is 2. The highest BCUT2D eigenvalue weighted by Gasteiger charge is 2.22. The Balaban J connectivity index is 2.32. The van der Waals surface area contributed by atoms with Crippen LogP contribution in [0, 0.1) is 13.8 Å². The average Bonchev–Trinajstić information content (AvgIpc) is 2.53. The molecule has 3 nitrogen and oxygen atoms in total. The second-order valence-electron chi connectivity index (χ2n) is 4.87. The summed E-state index contributed by atoms with van der Waals surface area (Å²) >= 11 is 0. The van der Waals surface area contributed by atoms with E-state index >= 15 is 0 Å². The fraction of sp³-hybridized carbons (Fsp3) is 0.615. The number of likely N-dealkylation sites (N-methyl/N-ethyl adjacent to an activating group) is 1. The molecule has 2 heterocycles. The molecule has 88 valence electrons. The standard InChI is InChI=1S/C13H20N2O/c1-10-7-12(9-16)11(2)15(10)13-5-4-6-14(3)8-13/h7,9,13H,4-6,8H2,1-3H3.